The number of hydrogen-bond donors (Lipinski definition) is 0. The van der Waals surface area contributed by atoms with Crippen molar-refractivity contribution in [2.75, 3.05) is 7.11 Å². The van der Waals surface area contributed by atoms with Crippen LogP contribution in [0.15, 0.2) is 42.9 Å². The van der Waals surface area contributed by atoms with Crippen molar-refractivity contribution in [3.63, 3.8) is 0 Å². The van der Waals surface area contributed by atoms with E-state index in [2.05, 4.69) is 9.97 Å². The van der Waals surface area contributed by atoms with Crippen LogP contribution >= 0.6 is 0 Å². The molecule has 0 aliphatic carbocycles. The number of aryl methyl sites for hydroxylation is 3. The van der Waals surface area contributed by atoms with E-state index in [4.69, 9.17) is 14.8 Å². The molecule has 1 atom stereocenters. The quantitative estimate of drug-likeness (QED) is 0.496. The van der Waals surface area contributed by atoms with Crippen molar-refractivity contribution in [1.29, 1.82) is 0 Å². The molecule has 1 aliphatic heterocycles. The lowest BCUT2D eigenvalue weighted by Crippen LogP contribution is -2.18. The van der Waals surface area contributed by atoms with Crippen molar-refractivity contribution >= 4 is 0 Å². The van der Waals surface area contributed by atoms with Crippen LogP contribution in [0.5, 0.6) is 5.88 Å². The van der Waals surface area contributed by atoms with Gasteiger partial charge in [0.1, 0.15) is 23.0 Å². The monoisotopic (exact) mass is 418 g/mol. The summed E-state index contributed by atoms with van der Waals surface area (Å²) in [7, 11) is 1.60. The van der Waals surface area contributed by atoms with Crippen molar-refractivity contribution in [3.8, 4) is 23.1 Å². The Balaban J connectivity index is 1.53. The lowest BCUT2D eigenvalue weighted by molar-refractivity contribution is 0.396. The van der Waals surface area contributed by atoms with Gasteiger partial charge in [0.15, 0.2) is 5.82 Å². The van der Waals surface area contributed by atoms with Gasteiger partial charge < -0.3 is 9.30 Å². The smallest absolute Gasteiger partial charge is 0.238 e. The largest absolute Gasteiger partial charge is 0.479 e. The number of methoxy groups -OCH3 is 1. The number of pyridine rings is 1. The summed E-state index contributed by atoms with van der Waals surface area (Å²) in [5.41, 5.74) is 4.39. The summed E-state index contributed by atoms with van der Waals surface area (Å²) in [4.78, 5) is 13.8. The van der Waals surface area contributed by atoms with E-state index in [1.807, 2.05) is 47.5 Å². The number of nitrogens with zero attached hydrogens (tertiary/aromatic N) is 6. The number of halogens is 1. The molecular weight excluding hydrogens is 395 g/mol. The third-order valence-electron chi connectivity index (χ3n) is 5.73. The van der Waals surface area contributed by atoms with Gasteiger partial charge >= 0.3 is 0 Å². The molecular formula is C23H23FN6O. The minimum atomic E-state index is -0.219. The summed E-state index contributed by atoms with van der Waals surface area (Å²) in [5, 5.41) is 4.72. The van der Waals surface area contributed by atoms with Crippen LogP contribution < -0.4 is 4.74 Å². The Kier molecular flexibility index (Phi) is 4.77. The Morgan fingerprint density at radius 3 is 2.74 bits per heavy atom. The van der Waals surface area contributed by atoms with Gasteiger partial charge in [-0.15, -0.1) is 5.10 Å². The predicted molar refractivity (Wildman–Crippen MR) is 114 cm³/mol. The van der Waals surface area contributed by atoms with E-state index in [1.54, 1.807) is 19.5 Å². The first-order valence-electron chi connectivity index (χ1n) is 10.3. The summed E-state index contributed by atoms with van der Waals surface area (Å²) in [6.07, 6.45) is 5.60. The zero-order valence-electron chi connectivity index (χ0n) is 17.7. The molecule has 4 heterocycles. The molecule has 0 radical (unpaired) electrons. The van der Waals surface area contributed by atoms with Crippen LogP contribution in [-0.4, -0.2) is 36.4 Å². The lowest BCUT2D eigenvalue weighted by Gasteiger charge is -2.23. The van der Waals surface area contributed by atoms with Gasteiger partial charge in [0.25, 0.3) is 0 Å². The zero-order valence-corrected chi connectivity index (χ0v) is 17.7. The maximum absolute atomic E-state index is 13.6. The SMILES string of the molecule is COc1nc(-c2nc3n(n2)CCC[C@@H]3c2ccc(F)cc2C)ccc1-n1cnc(C)c1. The highest BCUT2D eigenvalue weighted by atomic mass is 19.1. The van der Waals surface area contributed by atoms with Gasteiger partial charge in [-0.2, -0.15) is 0 Å². The van der Waals surface area contributed by atoms with E-state index in [-0.39, 0.29) is 11.7 Å². The second-order valence-corrected chi connectivity index (χ2v) is 7.86. The number of fused-ring (bicyclic) bond motifs is 1. The second-order valence-electron chi connectivity index (χ2n) is 7.86. The standard InChI is InChI=1S/C23H23FN6O/c1-14-11-16(24)6-7-17(14)18-5-4-10-30-22(18)27-21(28-30)19-8-9-20(23(26-19)31-3)29-12-15(2)25-13-29/h6-9,11-13,18H,4-5,10H2,1-3H3/t18-/m1/s1. The summed E-state index contributed by atoms with van der Waals surface area (Å²) in [6, 6.07) is 8.79. The highest BCUT2D eigenvalue weighted by Crippen LogP contribution is 2.35. The molecule has 0 spiro atoms. The Hall–Kier alpha value is -3.55. The van der Waals surface area contributed by atoms with Crippen molar-refractivity contribution in [2.24, 2.45) is 0 Å². The first-order valence-corrected chi connectivity index (χ1v) is 10.3. The van der Waals surface area contributed by atoms with E-state index in [0.717, 1.165) is 47.7 Å². The fourth-order valence-electron chi connectivity index (χ4n) is 4.24. The molecule has 1 aromatic carbocycles. The van der Waals surface area contributed by atoms with Gasteiger partial charge in [-0.25, -0.2) is 24.0 Å². The molecule has 8 heteroatoms. The van der Waals surface area contributed by atoms with Crippen molar-refractivity contribution in [1.82, 2.24) is 29.3 Å². The minimum Gasteiger partial charge on any atom is -0.479 e. The second kappa shape index (κ2) is 7.61. The average molecular weight is 418 g/mol. The number of aromatic nitrogens is 6. The van der Waals surface area contributed by atoms with E-state index >= 15 is 0 Å². The van der Waals surface area contributed by atoms with Gasteiger partial charge in [0.05, 0.1) is 19.1 Å². The molecule has 31 heavy (non-hydrogen) atoms. The van der Waals surface area contributed by atoms with Crippen LogP contribution in [0.25, 0.3) is 17.2 Å². The van der Waals surface area contributed by atoms with Crippen LogP contribution in [0.4, 0.5) is 4.39 Å². The first kappa shape index (κ1) is 19.4. The summed E-state index contributed by atoms with van der Waals surface area (Å²) >= 11 is 0. The Morgan fingerprint density at radius 2 is 2.00 bits per heavy atom. The number of benzene rings is 1. The maximum atomic E-state index is 13.6. The van der Waals surface area contributed by atoms with E-state index in [1.165, 1.54) is 6.07 Å². The van der Waals surface area contributed by atoms with Gasteiger partial charge in [0, 0.05) is 18.7 Å². The molecule has 0 N–H and O–H groups in total. The molecule has 158 valence electrons. The van der Waals surface area contributed by atoms with Gasteiger partial charge in [-0.05, 0) is 62.1 Å². The van der Waals surface area contributed by atoms with Crippen molar-refractivity contribution < 1.29 is 9.13 Å². The summed E-state index contributed by atoms with van der Waals surface area (Å²) in [5.74, 6) is 1.81. The first-order chi connectivity index (χ1) is 15.0. The number of imidazole rings is 1. The van der Waals surface area contributed by atoms with Crippen LogP contribution in [0.2, 0.25) is 0 Å². The highest BCUT2D eigenvalue weighted by Gasteiger charge is 2.28. The Labute approximate surface area is 179 Å². The third-order valence-corrected chi connectivity index (χ3v) is 5.73. The van der Waals surface area contributed by atoms with Crippen LogP contribution in [0.3, 0.4) is 0 Å². The lowest BCUT2D eigenvalue weighted by atomic mass is 9.88. The number of hydrogen-bond acceptors (Lipinski definition) is 5. The topological polar surface area (TPSA) is 70.7 Å². The molecule has 0 unspecified atom stereocenters. The van der Waals surface area contributed by atoms with Crippen LogP contribution in [0.1, 0.15) is 41.4 Å². The van der Waals surface area contributed by atoms with E-state index in [9.17, 15) is 4.39 Å². The molecule has 0 bridgehead atoms. The van der Waals surface area contributed by atoms with Gasteiger partial charge in [-0.1, -0.05) is 6.07 Å². The van der Waals surface area contributed by atoms with Gasteiger partial charge in [-0.3, -0.25) is 0 Å². The summed E-state index contributed by atoms with van der Waals surface area (Å²) < 4.78 is 23.0. The molecule has 1 aliphatic rings. The predicted octanol–water partition coefficient (Wildman–Crippen LogP) is 4.22. The number of rotatable bonds is 4. The van der Waals surface area contributed by atoms with Crippen LogP contribution in [-0.2, 0) is 6.54 Å². The number of ether oxygens (including phenoxy) is 1. The maximum Gasteiger partial charge on any atom is 0.238 e. The van der Waals surface area contributed by atoms with Gasteiger partial charge in [0.2, 0.25) is 5.88 Å². The Bertz CT molecular complexity index is 1260. The highest BCUT2D eigenvalue weighted by molar-refractivity contribution is 5.55. The fraction of sp³-hybridized carbons (Fsp3) is 0.304. The molecule has 5 rings (SSSR count). The molecule has 0 amide bonds. The zero-order chi connectivity index (χ0) is 21.5. The molecule has 0 saturated heterocycles. The minimum absolute atomic E-state index is 0.0886. The molecule has 0 saturated carbocycles. The fourth-order valence-corrected chi connectivity index (χ4v) is 4.24. The van der Waals surface area contributed by atoms with Crippen molar-refractivity contribution in [3.05, 3.63) is 71.3 Å². The molecule has 0 fully saturated rings. The van der Waals surface area contributed by atoms with E-state index < -0.39 is 0 Å². The van der Waals surface area contributed by atoms with E-state index in [0.29, 0.717) is 17.4 Å². The third kappa shape index (κ3) is 3.48. The molecule has 4 aromatic rings. The average Bonchev–Trinajstić information content (AvgIpc) is 3.39. The Morgan fingerprint density at radius 1 is 1.13 bits per heavy atom. The molecule has 3 aromatic heterocycles. The normalized spacial score (nSPS) is 15.7. The summed E-state index contributed by atoms with van der Waals surface area (Å²) in [6.45, 7) is 4.68. The van der Waals surface area contributed by atoms with Crippen LogP contribution in [0, 0.1) is 19.7 Å². The molecule has 7 nitrogen and oxygen atoms in total. The van der Waals surface area contributed by atoms with Crippen molar-refractivity contribution in [2.45, 2.75) is 39.2 Å².